The molecule has 32 heavy (non-hydrogen) atoms. The van der Waals surface area contributed by atoms with Gasteiger partial charge in [0.1, 0.15) is 5.75 Å². The number of nitrogens with zero attached hydrogens (tertiary/aromatic N) is 4. The lowest BCUT2D eigenvalue weighted by Gasteiger charge is -2.14. The fraction of sp³-hybridized carbons (Fsp3) is 0. The van der Waals surface area contributed by atoms with Gasteiger partial charge in [0.2, 0.25) is 0 Å². The van der Waals surface area contributed by atoms with Crippen LogP contribution >= 0.6 is 11.6 Å². The summed E-state index contributed by atoms with van der Waals surface area (Å²) in [5.41, 5.74) is 11.8. The Labute approximate surface area is 188 Å². The zero-order valence-electron chi connectivity index (χ0n) is 16.7. The number of nitriles is 1. The summed E-state index contributed by atoms with van der Waals surface area (Å²) in [6, 6.07) is 24.1. The highest BCUT2D eigenvalue weighted by molar-refractivity contribution is 6.32. The topological polar surface area (TPSA) is 100 Å². The van der Waals surface area contributed by atoms with Crippen molar-refractivity contribution in [3.8, 4) is 45.6 Å². The molecule has 0 amide bonds. The third-order valence-corrected chi connectivity index (χ3v) is 5.49. The summed E-state index contributed by atoms with van der Waals surface area (Å²) < 4.78 is 1.88. The Morgan fingerprint density at radius 1 is 0.906 bits per heavy atom. The first-order chi connectivity index (χ1) is 15.5. The van der Waals surface area contributed by atoms with Crippen LogP contribution in [0.4, 0.5) is 5.82 Å². The number of nitrogen functional groups attached to an aromatic ring is 1. The number of phenols is 1. The zero-order valence-corrected chi connectivity index (χ0v) is 17.5. The second kappa shape index (κ2) is 7.73. The summed E-state index contributed by atoms with van der Waals surface area (Å²) in [5, 5.41) is 19.4. The van der Waals surface area contributed by atoms with Gasteiger partial charge < -0.3 is 10.8 Å². The summed E-state index contributed by atoms with van der Waals surface area (Å²) in [6.45, 7) is 0. The van der Waals surface area contributed by atoms with Crippen LogP contribution in [0.15, 0.2) is 79.0 Å². The quantitative estimate of drug-likeness (QED) is 0.385. The molecule has 7 heteroatoms. The van der Waals surface area contributed by atoms with Gasteiger partial charge in [-0.1, -0.05) is 54.1 Å². The number of hydrogen-bond donors (Lipinski definition) is 2. The predicted octanol–water partition coefficient (Wildman–Crippen LogP) is 5.54. The van der Waals surface area contributed by atoms with E-state index < -0.39 is 0 Å². The smallest absolute Gasteiger partial charge is 0.181 e. The van der Waals surface area contributed by atoms with Gasteiger partial charge in [0.05, 0.1) is 33.7 Å². The first kappa shape index (κ1) is 19.6. The van der Waals surface area contributed by atoms with Crippen molar-refractivity contribution in [1.29, 1.82) is 5.26 Å². The molecule has 2 heterocycles. The number of anilines is 1. The fourth-order valence-electron chi connectivity index (χ4n) is 3.68. The Morgan fingerprint density at radius 2 is 1.69 bits per heavy atom. The van der Waals surface area contributed by atoms with Crippen molar-refractivity contribution in [2.24, 2.45) is 0 Å². The molecule has 0 saturated carbocycles. The van der Waals surface area contributed by atoms with E-state index in [1.807, 2.05) is 53.1 Å². The molecule has 2 aromatic heterocycles. The van der Waals surface area contributed by atoms with E-state index in [1.165, 1.54) is 0 Å². The maximum absolute atomic E-state index is 9.92. The summed E-state index contributed by atoms with van der Waals surface area (Å²) >= 11 is 6.23. The summed E-state index contributed by atoms with van der Waals surface area (Å²) in [4.78, 5) is 9.38. The van der Waals surface area contributed by atoms with E-state index >= 15 is 0 Å². The Balaban J connectivity index is 1.84. The largest absolute Gasteiger partial charge is 0.506 e. The Kier molecular flexibility index (Phi) is 4.74. The van der Waals surface area contributed by atoms with Gasteiger partial charge in [-0.25, -0.2) is 9.97 Å². The van der Waals surface area contributed by atoms with Crippen LogP contribution in [-0.2, 0) is 0 Å². The van der Waals surface area contributed by atoms with Crippen molar-refractivity contribution in [2.75, 3.05) is 5.73 Å². The molecule has 5 aromatic rings. The molecule has 0 fully saturated rings. The summed E-state index contributed by atoms with van der Waals surface area (Å²) in [7, 11) is 0. The fourth-order valence-corrected chi connectivity index (χ4v) is 3.86. The van der Waals surface area contributed by atoms with Gasteiger partial charge in [-0.2, -0.15) is 5.26 Å². The van der Waals surface area contributed by atoms with Crippen LogP contribution in [0.25, 0.3) is 39.4 Å². The van der Waals surface area contributed by atoms with Gasteiger partial charge in [-0.05, 0) is 30.3 Å². The van der Waals surface area contributed by atoms with Crippen molar-refractivity contribution < 1.29 is 5.11 Å². The van der Waals surface area contributed by atoms with Gasteiger partial charge in [0, 0.05) is 22.9 Å². The van der Waals surface area contributed by atoms with E-state index in [4.69, 9.17) is 22.3 Å². The lowest BCUT2D eigenvalue weighted by molar-refractivity contribution is 0.475. The van der Waals surface area contributed by atoms with Crippen LogP contribution in [0.1, 0.15) is 5.56 Å². The Bertz CT molecular complexity index is 1520. The molecular formula is C25H16ClN5O. The van der Waals surface area contributed by atoms with E-state index in [2.05, 4.69) is 11.1 Å². The molecule has 6 nitrogen and oxygen atoms in total. The third kappa shape index (κ3) is 3.31. The molecule has 0 aliphatic carbocycles. The van der Waals surface area contributed by atoms with Crippen LogP contribution in [0.2, 0.25) is 5.02 Å². The Hall–Kier alpha value is -4.34. The van der Waals surface area contributed by atoms with Crippen molar-refractivity contribution >= 4 is 23.1 Å². The van der Waals surface area contributed by atoms with Crippen LogP contribution in [0, 0.1) is 11.3 Å². The van der Waals surface area contributed by atoms with Crippen LogP contribution < -0.4 is 5.73 Å². The van der Waals surface area contributed by atoms with E-state index in [-0.39, 0.29) is 16.6 Å². The highest BCUT2D eigenvalue weighted by atomic mass is 35.5. The maximum Gasteiger partial charge on any atom is 0.181 e. The van der Waals surface area contributed by atoms with Gasteiger partial charge >= 0.3 is 0 Å². The molecular weight excluding hydrogens is 422 g/mol. The number of aromatic nitrogens is 3. The lowest BCUT2D eigenvalue weighted by Crippen LogP contribution is -2.03. The van der Waals surface area contributed by atoms with Gasteiger partial charge in [0.25, 0.3) is 0 Å². The zero-order chi connectivity index (χ0) is 22.2. The van der Waals surface area contributed by atoms with Crippen molar-refractivity contribution in [3.05, 3.63) is 89.6 Å². The maximum atomic E-state index is 9.92. The third-order valence-electron chi connectivity index (χ3n) is 5.19. The number of fused-ring (bicyclic) bond motifs is 1. The van der Waals surface area contributed by atoms with E-state index in [0.717, 1.165) is 22.4 Å². The minimum atomic E-state index is -0.00374. The minimum Gasteiger partial charge on any atom is -0.506 e. The average Bonchev–Trinajstić information content (AvgIpc) is 3.27. The Morgan fingerprint density at radius 3 is 2.44 bits per heavy atom. The number of phenolic OH excluding ortho intramolecular Hbond substituents is 1. The van der Waals surface area contributed by atoms with Crippen molar-refractivity contribution in [3.63, 3.8) is 0 Å². The lowest BCUT2D eigenvalue weighted by atomic mass is 10.0. The standard InChI is InChI=1S/C25H16ClN5O/c26-19-12-18(9-10-21(19)32)23-22(16-6-2-1-3-7-16)30-24(28)25-29-20(14-31(23)25)17-8-4-5-15(11-17)13-27/h1-12,14,32H,(H2,28,30). The second-order valence-electron chi connectivity index (χ2n) is 7.24. The molecule has 0 atom stereocenters. The number of imidazole rings is 1. The molecule has 0 saturated heterocycles. The molecule has 5 rings (SSSR count). The van der Waals surface area contributed by atoms with E-state index in [0.29, 0.717) is 22.6 Å². The highest BCUT2D eigenvalue weighted by Crippen LogP contribution is 2.37. The molecule has 0 spiro atoms. The van der Waals surface area contributed by atoms with Gasteiger partial charge in [0.15, 0.2) is 11.5 Å². The molecule has 0 unspecified atom stereocenters. The molecule has 0 aliphatic rings. The number of hydrogen-bond acceptors (Lipinski definition) is 5. The SMILES string of the molecule is N#Cc1cccc(-c2cn3c(-c4ccc(O)c(Cl)c4)c(-c4ccccc4)nc(N)c3n2)c1. The minimum absolute atomic E-state index is 0.00374. The van der Waals surface area contributed by atoms with Crippen LogP contribution in [-0.4, -0.2) is 19.5 Å². The average molecular weight is 438 g/mol. The summed E-state index contributed by atoms with van der Waals surface area (Å²) in [5.74, 6) is 0.274. The number of halogens is 1. The number of nitrogens with two attached hydrogens (primary N) is 1. The van der Waals surface area contributed by atoms with E-state index in [1.54, 1.807) is 30.3 Å². The molecule has 0 aliphatic heterocycles. The van der Waals surface area contributed by atoms with Gasteiger partial charge in [-0.3, -0.25) is 4.40 Å². The molecule has 0 radical (unpaired) electrons. The normalized spacial score (nSPS) is 10.9. The van der Waals surface area contributed by atoms with Crippen LogP contribution in [0.5, 0.6) is 5.75 Å². The highest BCUT2D eigenvalue weighted by Gasteiger charge is 2.19. The second-order valence-corrected chi connectivity index (χ2v) is 7.65. The number of benzene rings is 3. The number of aromatic hydroxyl groups is 1. The molecule has 154 valence electrons. The first-order valence-corrected chi connectivity index (χ1v) is 10.2. The number of rotatable bonds is 3. The predicted molar refractivity (Wildman–Crippen MR) is 125 cm³/mol. The summed E-state index contributed by atoms with van der Waals surface area (Å²) in [6.07, 6.45) is 1.87. The molecule has 3 N–H and O–H groups in total. The molecule has 0 bridgehead atoms. The molecule has 3 aromatic carbocycles. The first-order valence-electron chi connectivity index (χ1n) is 9.78. The van der Waals surface area contributed by atoms with Crippen LogP contribution in [0.3, 0.4) is 0 Å². The van der Waals surface area contributed by atoms with Gasteiger partial charge in [-0.15, -0.1) is 0 Å². The monoisotopic (exact) mass is 437 g/mol. The van der Waals surface area contributed by atoms with Crippen molar-refractivity contribution in [2.45, 2.75) is 0 Å². The van der Waals surface area contributed by atoms with Crippen molar-refractivity contribution in [1.82, 2.24) is 14.4 Å². The van der Waals surface area contributed by atoms with E-state index in [9.17, 15) is 10.4 Å².